The fraction of sp³-hybridized carbons (Fsp3) is 0.240. The number of carboxylic acid groups (broad SMARTS) is 1. The fourth-order valence-corrected chi connectivity index (χ4v) is 3.81. The van der Waals surface area contributed by atoms with Crippen molar-refractivity contribution in [1.82, 2.24) is 14.5 Å². The molecule has 2 aromatic carbocycles. The largest absolute Gasteiger partial charge is 0.489 e. The van der Waals surface area contributed by atoms with Crippen molar-refractivity contribution in [3.63, 3.8) is 0 Å². The van der Waals surface area contributed by atoms with Gasteiger partial charge in [-0.1, -0.05) is 31.2 Å². The third-order valence-electron chi connectivity index (χ3n) is 5.55. The molecule has 1 unspecified atom stereocenters. The van der Waals surface area contributed by atoms with Crippen LogP contribution in [0.1, 0.15) is 41.8 Å². The molecule has 0 saturated carbocycles. The summed E-state index contributed by atoms with van der Waals surface area (Å²) < 4.78 is 8.19. The Labute approximate surface area is 181 Å². The van der Waals surface area contributed by atoms with Crippen molar-refractivity contribution in [3.05, 3.63) is 89.6 Å². The summed E-state index contributed by atoms with van der Waals surface area (Å²) in [4.78, 5) is 19.6. The molecular weight excluding hydrogens is 390 g/mol. The second kappa shape index (κ2) is 9.00. The molecule has 1 atom stereocenters. The highest BCUT2D eigenvalue weighted by atomic mass is 16.5. The molecule has 0 amide bonds. The van der Waals surface area contributed by atoms with E-state index in [1.54, 1.807) is 12.4 Å². The van der Waals surface area contributed by atoms with Gasteiger partial charge in [0.05, 0.1) is 18.5 Å². The van der Waals surface area contributed by atoms with Crippen LogP contribution in [0.25, 0.3) is 10.9 Å². The van der Waals surface area contributed by atoms with Crippen molar-refractivity contribution in [1.29, 1.82) is 0 Å². The summed E-state index contributed by atoms with van der Waals surface area (Å²) in [5.74, 6) is 0.719. The molecule has 1 N–H and O–H groups in total. The van der Waals surface area contributed by atoms with Crippen molar-refractivity contribution >= 4 is 16.9 Å². The lowest BCUT2D eigenvalue weighted by Gasteiger charge is -2.13. The third-order valence-corrected chi connectivity index (χ3v) is 5.55. The SMILES string of the molecule is Cc1c(COc2ccc(C(C)CC(=O)O)cc2)ccc2ccn(Cc3ncccn3)c12. The van der Waals surface area contributed by atoms with E-state index in [1.165, 1.54) is 10.9 Å². The van der Waals surface area contributed by atoms with Gasteiger partial charge in [-0.25, -0.2) is 9.97 Å². The number of carboxylic acids is 1. The van der Waals surface area contributed by atoms with Crippen LogP contribution in [0.15, 0.2) is 67.1 Å². The summed E-state index contributed by atoms with van der Waals surface area (Å²) in [5.41, 5.74) is 4.44. The lowest BCUT2D eigenvalue weighted by Crippen LogP contribution is -2.05. The number of hydrogen-bond donors (Lipinski definition) is 1. The van der Waals surface area contributed by atoms with Gasteiger partial charge in [-0.2, -0.15) is 0 Å². The van der Waals surface area contributed by atoms with Crippen LogP contribution in [0.2, 0.25) is 0 Å². The molecule has 0 fully saturated rings. The number of aliphatic carboxylic acids is 1. The van der Waals surface area contributed by atoms with Gasteiger partial charge in [0.1, 0.15) is 18.2 Å². The smallest absolute Gasteiger partial charge is 0.303 e. The minimum absolute atomic E-state index is 0.0300. The highest BCUT2D eigenvalue weighted by molar-refractivity contribution is 5.84. The molecule has 6 heteroatoms. The molecule has 6 nitrogen and oxygen atoms in total. The molecule has 0 radical (unpaired) electrons. The summed E-state index contributed by atoms with van der Waals surface area (Å²) in [6.07, 6.45) is 5.70. The Balaban J connectivity index is 1.49. The van der Waals surface area contributed by atoms with Crippen LogP contribution in [0, 0.1) is 6.92 Å². The van der Waals surface area contributed by atoms with E-state index >= 15 is 0 Å². The Morgan fingerprint density at radius 2 is 1.84 bits per heavy atom. The highest BCUT2D eigenvalue weighted by Crippen LogP contribution is 2.26. The van der Waals surface area contributed by atoms with Crippen LogP contribution in [-0.2, 0) is 17.9 Å². The van der Waals surface area contributed by atoms with Gasteiger partial charge < -0.3 is 14.4 Å². The molecule has 0 aliphatic heterocycles. The van der Waals surface area contributed by atoms with Crippen LogP contribution in [-0.4, -0.2) is 25.6 Å². The lowest BCUT2D eigenvalue weighted by molar-refractivity contribution is -0.137. The van der Waals surface area contributed by atoms with Gasteiger partial charge in [0.15, 0.2) is 0 Å². The van der Waals surface area contributed by atoms with Crippen LogP contribution in [0.4, 0.5) is 0 Å². The number of nitrogens with zero attached hydrogens (tertiary/aromatic N) is 3. The van der Waals surface area contributed by atoms with E-state index in [9.17, 15) is 4.79 Å². The van der Waals surface area contributed by atoms with Gasteiger partial charge in [-0.15, -0.1) is 0 Å². The molecule has 31 heavy (non-hydrogen) atoms. The monoisotopic (exact) mass is 415 g/mol. The topological polar surface area (TPSA) is 77.2 Å². The van der Waals surface area contributed by atoms with Crippen LogP contribution >= 0.6 is 0 Å². The zero-order chi connectivity index (χ0) is 21.8. The number of rotatable bonds is 8. The standard InChI is InChI=1S/C25H25N3O3/c1-17(14-24(29)30)19-6-8-22(9-7-19)31-16-21-5-4-20-10-13-28(25(20)18(21)2)15-23-26-11-3-12-27-23/h3-13,17H,14-16H2,1-2H3,(H,29,30). The van der Waals surface area contributed by atoms with E-state index in [-0.39, 0.29) is 12.3 Å². The number of fused-ring (bicyclic) bond motifs is 1. The van der Waals surface area contributed by atoms with Gasteiger partial charge >= 0.3 is 5.97 Å². The summed E-state index contributed by atoms with van der Waals surface area (Å²) in [6, 6.07) is 15.8. The second-order valence-electron chi connectivity index (χ2n) is 7.75. The minimum atomic E-state index is -0.790. The number of carbonyl (C=O) groups is 1. The maximum absolute atomic E-state index is 10.9. The molecule has 4 rings (SSSR count). The average molecular weight is 415 g/mol. The van der Waals surface area contributed by atoms with Crippen molar-refractivity contribution in [2.45, 2.75) is 39.3 Å². The molecule has 0 saturated heterocycles. The van der Waals surface area contributed by atoms with Crippen molar-refractivity contribution in [2.75, 3.05) is 0 Å². The number of benzene rings is 2. The number of aromatic nitrogens is 3. The van der Waals surface area contributed by atoms with Gasteiger partial charge in [-0.3, -0.25) is 4.79 Å². The quantitative estimate of drug-likeness (QED) is 0.441. The van der Waals surface area contributed by atoms with Gasteiger partial charge in [0.25, 0.3) is 0 Å². The summed E-state index contributed by atoms with van der Waals surface area (Å²) in [5, 5.41) is 10.1. The van der Waals surface area contributed by atoms with E-state index in [0.717, 1.165) is 28.2 Å². The number of ether oxygens (including phenoxy) is 1. The Kier molecular flexibility index (Phi) is 5.98. The molecule has 0 bridgehead atoms. The average Bonchev–Trinajstić information content (AvgIpc) is 3.17. The Morgan fingerprint density at radius 1 is 1.10 bits per heavy atom. The molecular formula is C25H25N3O3. The maximum atomic E-state index is 10.9. The molecule has 0 spiro atoms. The van der Waals surface area contributed by atoms with Gasteiger partial charge in [0, 0.05) is 18.6 Å². The fourth-order valence-electron chi connectivity index (χ4n) is 3.81. The lowest BCUT2D eigenvalue weighted by atomic mass is 9.98. The Hall–Kier alpha value is -3.67. The maximum Gasteiger partial charge on any atom is 0.303 e. The number of hydrogen-bond acceptors (Lipinski definition) is 4. The first-order valence-corrected chi connectivity index (χ1v) is 10.3. The van der Waals surface area contributed by atoms with Crippen molar-refractivity contribution in [3.8, 4) is 5.75 Å². The van der Waals surface area contributed by atoms with Crippen molar-refractivity contribution in [2.24, 2.45) is 0 Å². The predicted octanol–water partition coefficient (Wildman–Crippen LogP) is 4.95. The molecule has 0 aliphatic carbocycles. The van der Waals surface area contributed by atoms with Crippen LogP contribution < -0.4 is 4.74 Å². The first-order chi connectivity index (χ1) is 15.0. The summed E-state index contributed by atoms with van der Waals surface area (Å²) in [7, 11) is 0. The molecule has 0 aliphatic rings. The van der Waals surface area contributed by atoms with E-state index in [0.29, 0.717) is 13.2 Å². The minimum Gasteiger partial charge on any atom is -0.489 e. The van der Waals surface area contributed by atoms with E-state index in [4.69, 9.17) is 9.84 Å². The molecule has 4 aromatic rings. The zero-order valence-corrected chi connectivity index (χ0v) is 17.7. The highest BCUT2D eigenvalue weighted by Gasteiger charge is 2.12. The van der Waals surface area contributed by atoms with Crippen LogP contribution in [0.3, 0.4) is 0 Å². The predicted molar refractivity (Wildman–Crippen MR) is 119 cm³/mol. The first kappa shape index (κ1) is 20.6. The Bertz CT molecular complexity index is 1180. The zero-order valence-electron chi connectivity index (χ0n) is 17.7. The van der Waals surface area contributed by atoms with E-state index in [2.05, 4.69) is 45.9 Å². The first-order valence-electron chi connectivity index (χ1n) is 10.3. The van der Waals surface area contributed by atoms with Crippen molar-refractivity contribution < 1.29 is 14.6 Å². The molecule has 2 heterocycles. The van der Waals surface area contributed by atoms with Gasteiger partial charge in [-0.05, 0) is 59.2 Å². The number of aryl methyl sites for hydroxylation is 1. The molecule has 158 valence electrons. The van der Waals surface area contributed by atoms with E-state index in [1.807, 2.05) is 37.3 Å². The summed E-state index contributed by atoms with van der Waals surface area (Å²) in [6.45, 7) is 5.10. The van der Waals surface area contributed by atoms with E-state index < -0.39 is 5.97 Å². The molecule has 2 aromatic heterocycles. The van der Waals surface area contributed by atoms with Gasteiger partial charge in [0.2, 0.25) is 0 Å². The van der Waals surface area contributed by atoms with Crippen LogP contribution in [0.5, 0.6) is 5.75 Å². The third kappa shape index (κ3) is 4.74. The summed E-state index contributed by atoms with van der Waals surface area (Å²) >= 11 is 0. The normalized spacial score (nSPS) is 12.1. The second-order valence-corrected chi connectivity index (χ2v) is 7.75. The Morgan fingerprint density at radius 3 is 2.55 bits per heavy atom.